The van der Waals surface area contributed by atoms with Gasteiger partial charge in [0.2, 0.25) is 0 Å². The zero-order valence-corrected chi connectivity index (χ0v) is 29.9. The Bertz CT molecular complexity index is 3070. The number of fused-ring (bicyclic) bond motifs is 6. The molecule has 7 aromatic carbocycles. The highest BCUT2D eigenvalue weighted by Crippen LogP contribution is 2.45. The number of hydrogen-bond acceptors (Lipinski definition) is 1. The van der Waals surface area contributed by atoms with Crippen molar-refractivity contribution in [3.63, 3.8) is 0 Å². The van der Waals surface area contributed by atoms with Crippen LogP contribution in [0.3, 0.4) is 0 Å². The molecule has 274 valence electrons. The first-order chi connectivity index (χ1) is 26.8. The van der Waals surface area contributed by atoms with Crippen molar-refractivity contribution >= 4 is 43.6 Å². The summed E-state index contributed by atoms with van der Waals surface area (Å²) in [5.74, 6) is 0. The summed E-state index contributed by atoms with van der Waals surface area (Å²) < 4.78 is 89.0. The number of halogens is 6. The number of rotatable bonds is 4. The number of benzene rings is 7. The molecule has 3 nitrogen and oxygen atoms in total. The zero-order chi connectivity index (χ0) is 39.1. The highest BCUT2D eigenvalue weighted by Gasteiger charge is 2.37. The van der Waals surface area contributed by atoms with Gasteiger partial charge in [0.05, 0.1) is 56.2 Å². The molecule has 0 fully saturated rings. The predicted octanol–water partition coefficient (Wildman–Crippen LogP) is 13.7. The lowest BCUT2D eigenvalue weighted by Crippen LogP contribution is -2.11. The average Bonchev–Trinajstić information content (AvgIpc) is 3.68. The lowest BCUT2D eigenvalue weighted by atomic mass is 9.91. The number of para-hydroxylation sites is 2. The van der Waals surface area contributed by atoms with Crippen molar-refractivity contribution in [1.29, 1.82) is 5.26 Å². The van der Waals surface area contributed by atoms with E-state index in [0.717, 1.165) is 66.9 Å². The van der Waals surface area contributed by atoms with Crippen molar-refractivity contribution in [2.45, 2.75) is 26.2 Å². The van der Waals surface area contributed by atoms with Crippen LogP contribution in [0.5, 0.6) is 0 Å². The summed E-state index contributed by atoms with van der Waals surface area (Å²) in [4.78, 5) is 0. The molecule has 0 bridgehead atoms. The van der Waals surface area contributed by atoms with E-state index in [1.807, 2.05) is 97.3 Å². The fraction of sp³-hybridized carbons (Fsp3) is 0.0851. The van der Waals surface area contributed by atoms with Gasteiger partial charge in [-0.3, -0.25) is 0 Å². The molecule has 0 saturated heterocycles. The van der Waals surface area contributed by atoms with E-state index in [-0.39, 0.29) is 22.8 Å². The van der Waals surface area contributed by atoms with Crippen LogP contribution in [-0.2, 0) is 12.4 Å². The van der Waals surface area contributed by atoms with Crippen LogP contribution in [0.4, 0.5) is 26.3 Å². The minimum Gasteiger partial charge on any atom is -0.309 e. The molecule has 0 spiro atoms. The van der Waals surface area contributed by atoms with Crippen molar-refractivity contribution < 1.29 is 26.3 Å². The quantitative estimate of drug-likeness (QED) is 0.165. The molecule has 0 unspecified atom stereocenters. The predicted molar refractivity (Wildman–Crippen MR) is 210 cm³/mol. The molecule has 0 N–H and O–H groups in total. The number of aromatic nitrogens is 2. The zero-order valence-electron chi connectivity index (χ0n) is 29.9. The van der Waals surface area contributed by atoms with Crippen LogP contribution >= 0.6 is 0 Å². The van der Waals surface area contributed by atoms with E-state index in [2.05, 4.69) is 22.8 Å². The van der Waals surface area contributed by atoms with E-state index in [1.54, 1.807) is 30.3 Å². The number of nitriles is 1. The topological polar surface area (TPSA) is 33.6 Å². The SMILES string of the molecule is Cc1ccc2c(c1)c1ccccc1n2-c1ccc(-c2cc(C(F)(F)F)cc(C(F)(F)F)c2)cc1-c1c(C#N)cccc1-n1c2ccccc2c2cc(C)ccc21. The largest absolute Gasteiger partial charge is 0.416 e. The maximum Gasteiger partial charge on any atom is 0.416 e. The Kier molecular flexibility index (Phi) is 7.89. The molecule has 9 aromatic rings. The fourth-order valence-corrected chi connectivity index (χ4v) is 8.03. The van der Waals surface area contributed by atoms with Crippen molar-refractivity contribution in [3.8, 4) is 39.7 Å². The smallest absolute Gasteiger partial charge is 0.309 e. The van der Waals surface area contributed by atoms with Crippen LogP contribution in [0.2, 0.25) is 0 Å². The summed E-state index contributed by atoms with van der Waals surface area (Å²) in [6.07, 6.45) is -10.1. The van der Waals surface area contributed by atoms with Gasteiger partial charge in [0, 0.05) is 32.7 Å². The van der Waals surface area contributed by atoms with Gasteiger partial charge < -0.3 is 9.13 Å². The van der Waals surface area contributed by atoms with Gasteiger partial charge in [-0.2, -0.15) is 31.6 Å². The van der Waals surface area contributed by atoms with Gasteiger partial charge in [-0.1, -0.05) is 71.8 Å². The third kappa shape index (κ3) is 5.60. The molecule has 56 heavy (non-hydrogen) atoms. The second-order valence-electron chi connectivity index (χ2n) is 14.1. The lowest BCUT2D eigenvalue weighted by Gasteiger charge is -2.21. The maximum absolute atomic E-state index is 14.2. The van der Waals surface area contributed by atoms with E-state index in [1.165, 1.54) is 0 Å². The molecule has 0 radical (unpaired) electrons. The Morgan fingerprint density at radius 3 is 1.52 bits per heavy atom. The van der Waals surface area contributed by atoms with Crippen molar-refractivity contribution in [1.82, 2.24) is 9.13 Å². The van der Waals surface area contributed by atoms with Crippen LogP contribution in [0.1, 0.15) is 27.8 Å². The Hall–Kier alpha value is -6.79. The summed E-state index contributed by atoms with van der Waals surface area (Å²) in [5, 5.41) is 14.7. The van der Waals surface area contributed by atoms with Crippen LogP contribution < -0.4 is 0 Å². The normalized spacial score (nSPS) is 12.3. The first-order valence-electron chi connectivity index (χ1n) is 17.8. The van der Waals surface area contributed by atoms with Gasteiger partial charge in [-0.15, -0.1) is 0 Å². The minimum atomic E-state index is -5.03. The number of aryl methyl sites for hydroxylation is 2. The molecule has 0 atom stereocenters. The third-order valence-corrected chi connectivity index (χ3v) is 10.5. The maximum atomic E-state index is 14.2. The van der Waals surface area contributed by atoms with Crippen LogP contribution in [0, 0.1) is 25.2 Å². The summed E-state index contributed by atoms with van der Waals surface area (Å²) >= 11 is 0. The fourth-order valence-electron chi connectivity index (χ4n) is 8.03. The second-order valence-corrected chi connectivity index (χ2v) is 14.1. The van der Waals surface area contributed by atoms with Gasteiger partial charge >= 0.3 is 12.4 Å². The molecular weight excluding hydrogens is 721 g/mol. The number of nitrogens with zero attached hydrogens (tertiary/aromatic N) is 3. The first kappa shape index (κ1) is 34.9. The Morgan fingerprint density at radius 2 is 0.982 bits per heavy atom. The van der Waals surface area contributed by atoms with E-state index < -0.39 is 23.5 Å². The molecule has 9 heteroatoms. The first-order valence-corrected chi connectivity index (χ1v) is 17.8. The monoisotopic (exact) mass is 749 g/mol. The van der Waals surface area contributed by atoms with Crippen molar-refractivity contribution in [2.24, 2.45) is 0 Å². The molecule has 0 aliphatic rings. The highest BCUT2D eigenvalue weighted by atomic mass is 19.4. The highest BCUT2D eigenvalue weighted by molar-refractivity contribution is 6.12. The summed E-state index contributed by atoms with van der Waals surface area (Å²) in [6.45, 7) is 4.01. The molecular formula is C47H29F6N3. The van der Waals surface area contributed by atoms with E-state index in [0.29, 0.717) is 22.5 Å². The number of hydrogen-bond donors (Lipinski definition) is 0. The second kappa shape index (κ2) is 12.6. The summed E-state index contributed by atoms with van der Waals surface area (Å²) in [7, 11) is 0. The standard InChI is InChI=1S/C47H29F6N3/c1-27-14-17-41-36(20-27)34-9-3-5-11-39(34)55(41)43-19-16-29(31-22-32(46(48,49)50)25-33(23-31)47(51,52)53)24-38(43)45-30(26-54)8-7-13-44(45)56-40-12-6-4-10-35(40)37-21-28(2)15-18-42(37)56/h3-25H,1-2H3. The van der Waals surface area contributed by atoms with Gasteiger partial charge in [-0.05, 0) is 104 Å². The number of alkyl halides is 6. The Balaban J connectivity index is 1.44. The summed E-state index contributed by atoms with van der Waals surface area (Å²) in [6, 6.07) is 42.1. The molecule has 2 heterocycles. The molecule has 0 aliphatic heterocycles. The van der Waals surface area contributed by atoms with E-state index in [4.69, 9.17) is 0 Å². The Labute approximate surface area is 316 Å². The minimum absolute atomic E-state index is 0.119. The average molecular weight is 750 g/mol. The van der Waals surface area contributed by atoms with E-state index in [9.17, 15) is 31.6 Å². The third-order valence-electron chi connectivity index (χ3n) is 10.5. The molecule has 0 amide bonds. The summed E-state index contributed by atoms with van der Waals surface area (Å²) in [5.41, 5.74) is 4.94. The van der Waals surface area contributed by atoms with Crippen LogP contribution in [0.25, 0.3) is 77.2 Å². The van der Waals surface area contributed by atoms with Gasteiger partial charge in [-0.25, -0.2) is 0 Å². The molecule has 2 aromatic heterocycles. The molecule has 0 aliphatic carbocycles. The Morgan fingerprint density at radius 1 is 0.464 bits per heavy atom. The van der Waals surface area contributed by atoms with Gasteiger partial charge in [0.15, 0.2) is 0 Å². The lowest BCUT2D eigenvalue weighted by molar-refractivity contribution is -0.143. The van der Waals surface area contributed by atoms with Crippen LogP contribution in [-0.4, -0.2) is 9.13 Å². The van der Waals surface area contributed by atoms with Crippen LogP contribution in [0.15, 0.2) is 140 Å². The van der Waals surface area contributed by atoms with Crippen molar-refractivity contribution in [2.75, 3.05) is 0 Å². The van der Waals surface area contributed by atoms with Gasteiger partial charge in [0.25, 0.3) is 0 Å². The molecule has 9 rings (SSSR count). The van der Waals surface area contributed by atoms with Gasteiger partial charge in [0.1, 0.15) is 0 Å². The molecule has 0 saturated carbocycles. The van der Waals surface area contributed by atoms with E-state index >= 15 is 0 Å². The van der Waals surface area contributed by atoms with Crippen molar-refractivity contribution in [3.05, 3.63) is 167 Å².